The largest absolute Gasteiger partial charge is 0.445 e. The van der Waals surface area contributed by atoms with Gasteiger partial charge in [-0.2, -0.15) is 0 Å². The summed E-state index contributed by atoms with van der Waals surface area (Å²) in [6, 6.07) is 0.180. The van der Waals surface area contributed by atoms with E-state index < -0.39 is 0 Å². The van der Waals surface area contributed by atoms with Gasteiger partial charge in [0.2, 0.25) is 0 Å². The third-order valence-corrected chi connectivity index (χ3v) is 4.54. The van der Waals surface area contributed by atoms with Crippen LogP contribution < -0.4 is 5.32 Å². The molecule has 0 unspecified atom stereocenters. The number of nitrogens with one attached hydrogen (secondary N) is 1. The average Bonchev–Trinajstić information content (AvgIpc) is 2.95. The highest BCUT2D eigenvalue weighted by Crippen LogP contribution is 2.29. The first-order valence-corrected chi connectivity index (χ1v) is 8.57. The second-order valence-corrected chi connectivity index (χ2v) is 6.68. The Bertz CT molecular complexity index is 589. The molecule has 1 aromatic rings. The minimum absolute atomic E-state index is 0.00476. The van der Waals surface area contributed by atoms with Gasteiger partial charge in [0.05, 0.1) is 0 Å². The van der Waals surface area contributed by atoms with Crippen molar-refractivity contribution in [3.63, 3.8) is 0 Å². The van der Waals surface area contributed by atoms with E-state index in [4.69, 9.17) is 4.42 Å². The number of nitrogens with zero attached hydrogens (tertiary/aromatic N) is 3. The number of amides is 3. The van der Waals surface area contributed by atoms with Crippen LogP contribution in [0.1, 0.15) is 61.2 Å². The molecule has 1 N–H and O–H groups in total. The van der Waals surface area contributed by atoms with Crippen LogP contribution in [0.4, 0.5) is 4.79 Å². The second-order valence-electron chi connectivity index (χ2n) is 6.68. The van der Waals surface area contributed by atoms with E-state index in [1.54, 1.807) is 21.0 Å². The van der Waals surface area contributed by atoms with E-state index in [-0.39, 0.29) is 23.9 Å². The smallest absolute Gasteiger partial charge is 0.317 e. The van der Waals surface area contributed by atoms with Crippen LogP contribution in [0.2, 0.25) is 0 Å². The molecule has 3 amide bonds. The molecule has 1 aliphatic heterocycles. The highest BCUT2D eigenvalue weighted by atomic mass is 16.4. The predicted molar refractivity (Wildman–Crippen MR) is 91.1 cm³/mol. The fraction of sp³-hybridized carbons (Fsp3) is 0.706. The van der Waals surface area contributed by atoms with Crippen molar-refractivity contribution in [2.45, 2.75) is 52.0 Å². The van der Waals surface area contributed by atoms with Gasteiger partial charge in [-0.3, -0.25) is 4.79 Å². The molecule has 0 spiro atoms. The van der Waals surface area contributed by atoms with Crippen molar-refractivity contribution in [1.82, 2.24) is 20.1 Å². The van der Waals surface area contributed by atoms with Gasteiger partial charge in [-0.1, -0.05) is 6.92 Å². The lowest BCUT2D eigenvalue weighted by molar-refractivity contribution is 0.0821. The SMILES string of the molecule is CC[C@H](C)NC(=O)N1CCC(c2nc(C(=O)N(C)C)c(C)o2)CC1. The van der Waals surface area contributed by atoms with E-state index >= 15 is 0 Å². The molecule has 0 aromatic carbocycles. The van der Waals surface area contributed by atoms with E-state index in [2.05, 4.69) is 17.2 Å². The van der Waals surface area contributed by atoms with E-state index in [1.807, 2.05) is 11.8 Å². The zero-order chi connectivity index (χ0) is 17.9. The van der Waals surface area contributed by atoms with Crippen LogP contribution in [-0.2, 0) is 0 Å². The Morgan fingerprint density at radius 3 is 2.54 bits per heavy atom. The molecule has 1 aliphatic rings. The van der Waals surface area contributed by atoms with Crippen LogP contribution in [0.25, 0.3) is 0 Å². The summed E-state index contributed by atoms with van der Waals surface area (Å²) in [5.74, 6) is 1.17. The molecular formula is C17H28N4O3. The van der Waals surface area contributed by atoms with Gasteiger partial charge in [0.1, 0.15) is 5.76 Å². The fourth-order valence-corrected chi connectivity index (χ4v) is 2.74. The maximum Gasteiger partial charge on any atom is 0.317 e. The summed E-state index contributed by atoms with van der Waals surface area (Å²) in [5.41, 5.74) is 0.381. The Morgan fingerprint density at radius 1 is 1.38 bits per heavy atom. The molecule has 7 nitrogen and oxygen atoms in total. The van der Waals surface area contributed by atoms with Crippen LogP contribution in [-0.4, -0.2) is 59.9 Å². The van der Waals surface area contributed by atoms with Crippen LogP contribution in [0.5, 0.6) is 0 Å². The summed E-state index contributed by atoms with van der Waals surface area (Å²) in [6.07, 6.45) is 2.51. The number of oxazole rings is 1. The van der Waals surface area contributed by atoms with Gasteiger partial charge >= 0.3 is 6.03 Å². The minimum Gasteiger partial charge on any atom is -0.445 e. The quantitative estimate of drug-likeness (QED) is 0.915. The summed E-state index contributed by atoms with van der Waals surface area (Å²) in [5, 5.41) is 2.99. The zero-order valence-corrected chi connectivity index (χ0v) is 15.3. The third-order valence-electron chi connectivity index (χ3n) is 4.54. The number of carbonyl (C=O) groups is 2. The number of piperidine rings is 1. The second kappa shape index (κ2) is 7.68. The number of rotatable bonds is 4. The predicted octanol–water partition coefficient (Wildman–Crippen LogP) is 2.37. The van der Waals surface area contributed by atoms with Crippen molar-refractivity contribution in [2.24, 2.45) is 0 Å². The van der Waals surface area contributed by atoms with Crippen molar-refractivity contribution in [2.75, 3.05) is 27.2 Å². The van der Waals surface area contributed by atoms with Gasteiger partial charge in [0.25, 0.3) is 5.91 Å². The van der Waals surface area contributed by atoms with Gasteiger partial charge in [0, 0.05) is 39.1 Å². The summed E-state index contributed by atoms with van der Waals surface area (Å²) < 4.78 is 5.73. The molecule has 0 bridgehead atoms. The first kappa shape index (κ1) is 18.3. The van der Waals surface area contributed by atoms with Crippen molar-refractivity contribution >= 4 is 11.9 Å². The number of hydrogen-bond acceptors (Lipinski definition) is 4. The Balaban J connectivity index is 1.96. The molecule has 134 valence electrons. The molecule has 0 aliphatic carbocycles. The number of urea groups is 1. The number of aromatic nitrogens is 1. The van der Waals surface area contributed by atoms with E-state index in [0.717, 1.165) is 19.3 Å². The maximum absolute atomic E-state index is 12.2. The zero-order valence-electron chi connectivity index (χ0n) is 15.3. The fourth-order valence-electron chi connectivity index (χ4n) is 2.74. The number of hydrogen-bond donors (Lipinski definition) is 1. The van der Waals surface area contributed by atoms with Crippen molar-refractivity contribution < 1.29 is 14.0 Å². The lowest BCUT2D eigenvalue weighted by atomic mass is 9.97. The van der Waals surface area contributed by atoms with Gasteiger partial charge in [0.15, 0.2) is 11.6 Å². The van der Waals surface area contributed by atoms with Crippen molar-refractivity contribution in [3.05, 3.63) is 17.3 Å². The molecule has 1 aromatic heterocycles. The molecule has 2 heterocycles. The van der Waals surface area contributed by atoms with Crippen LogP contribution >= 0.6 is 0 Å². The molecule has 1 atom stereocenters. The molecule has 24 heavy (non-hydrogen) atoms. The molecule has 1 fully saturated rings. The topological polar surface area (TPSA) is 78.7 Å². The van der Waals surface area contributed by atoms with Gasteiger partial charge in [-0.15, -0.1) is 0 Å². The van der Waals surface area contributed by atoms with E-state index in [1.165, 1.54) is 4.90 Å². The minimum atomic E-state index is -0.145. The summed E-state index contributed by atoms with van der Waals surface area (Å²) in [6.45, 7) is 7.16. The van der Waals surface area contributed by atoms with Crippen molar-refractivity contribution in [1.29, 1.82) is 0 Å². The summed E-state index contributed by atoms with van der Waals surface area (Å²) in [4.78, 5) is 32.0. The molecule has 2 rings (SSSR count). The first-order valence-electron chi connectivity index (χ1n) is 8.57. The van der Waals surface area contributed by atoms with Crippen LogP contribution in [0, 0.1) is 6.92 Å². The van der Waals surface area contributed by atoms with Crippen LogP contribution in [0.15, 0.2) is 4.42 Å². The normalized spacial score (nSPS) is 16.8. The lowest BCUT2D eigenvalue weighted by Gasteiger charge is -2.31. The highest BCUT2D eigenvalue weighted by molar-refractivity contribution is 5.92. The van der Waals surface area contributed by atoms with Crippen LogP contribution in [0.3, 0.4) is 0 Å². The van der Waals surface area contributed by atoms with Gasteiger partial charge < -0.3 is 19.5 Å². The highest BCUT2D eigenvalue weighted by Gasteiger charge is 2.29. The summed E-state index contributed by atoms with van der Waals surface area (Å²) in [7, 11) is 3.40. The maximum atomic E-state index is 12.2. The summed E-state index contributed by atoms with van der Waals surface area (Å²) >= 11 is 0. The number of carbonyl (C=O) groups excluding carboxylic acids is 2. The Kier molecular flexibility index (Phi) is 5.85. The Morgan fingerprint density at radius 2 is 2.00 bits per heavy atom. The Hall–Kier alpha value is -2.05. The standard InChI is InChI=1S/C17H28N4O3/c1-6-11(2)18-17(23)21-9-7-13(8-10-21)15-19-14(12(3)24-15)16(22)20(4)5/h11,13H,6-10H2,1-5H3,(H,18,23)/t11-/m0/s1. The first-order chi connectivity index (χ1) is 11.3. The molecular weight excluding hydrogens is 308 g/mol. The van der Waals surface area contributed by atoms with E-state index in [0.29, 0.717) is 30.4 Å². The molecule has 7 heteroatoms. The van der Waals surface area contributed by atoms with Gasteiger partial charge in [-0.25, -0.2) is 9.78 Å². The average molecular weight is 336 g/mol. The molecule has 0 saturated carbocycles. The Labute approximate surface area is 143 Å². The lowest BCUT2D eigenvalue weighted by Crippen LogP contribution is -2.46. The van der Waals surface area contributed by atoms with Crippen molar-refractivity contribution in [3.8, 4) is 0 Å². The van der Waals surface area contributed by atoms with Gasteiger partial charge in [-0.05, 0) is 33.1 Å². The molecule has 1 saturated heterocycles. The number of aryl methyl sites for hydroxylation is 1. The van der Waals surface area contributed by atoms with E-state index in [9.17, 15) is 9.59 Å². The molecule has 0 radical (unpaired) electrons. The number of likely N-dealkylation sites (tertiary alicyclic amines) is 1. The third kappa shape index (κ3) is 4.07. The monoisotopic (exact) mass is 336 g/mol.